The first-order valence-electron chi connectivity index (χ1n) is 5.45. The fourth-order valence-corrected chi connectivity index (χ4v) is 1.32. The molecule has 0 atom stereocenters. The minimum absolute atomic E-state index is 0.235. The summed E-state index contributed by atoms with van der Waals surface area (Å²) < 4.78 is 4.92. The van der Waals surface area contributed by atoms with Gasteiger partial charge in [0, 0.05) is 6.21 Å². The Labute approximate surface area is 105 Å². The first kappa shape index (κ1) is 11.9. The quantitative estimate of drug-likeness (QED) is 0.659. The molecule has 1 aromatic heterocycles. The summed E-state index contributed by atoms with van der Waals surface area (Å²) in [4.78, 5) is 11.4. The van der Waals surface area contributed by atoms with Crippen LogP contribution in [0.4, 0.5) is 0 Å². The van der Waals surface area contributed by atoms with E-state index in [2.05, 4.69) is 10.5 Å². The number of amides is 1. The molecule has 0 spiro atoms. The van der Waals surface area contributed by atoms with Crippen LogP contribution in [0.15, 0.2) is 64.3 Å². The van der Waals surface area contributed by atoms with Crippen LogP contribution in [0.5, 0.6) is 0 Å². The Balaban J connectivity index is 1.82. The van der Waals surface area contributed by atoms with Gasteiger partial charge in [0.2, 0.25) is 0 Å². The van der Waals surface area contributed by atoms with Gasteiger partial charge in [-0.15, -0.1) is 0 Å². The monoisotopic (exact) mass is 240 g/mol. The van der Waals surface area contributed by atoms with Gasteiger partial charge in [0.1, 0.15) is 0 Å². The predicted octanol–water partition coefficient (Wildman–Crippen LogP) is 2.71. The van der Waals surface area contributed by atoms with E-state index in [4.69, 9.17) is 4.42 Å². The van der Waals surface area contributed by atoms with Crippen LogP contribution in [-0.4, -0.2) is 12.1 Å². The average Bonchev–Trinajstić information content (AvgIpc) is 2.93. The van der Waals surface area contributed by atoms with Crippen LogP contribution >= 0.6 is 0 Å². The third-order valence-electron chi connectivity index (χ3n) is 2.16. The topological polar surface area (TPSA) is 54.6 Å². The molecule has 1 aromatic carbocycles. The second-order valence-corrected chi connectivity index (χ2v) is 3.47. The van der Waals surface area contributed by atoms with E-state index in [1.165, 1.54) is 12.5 Å². The predicted molar refractivity (Wildman–Crippen MR) is 70.1 cm³/mol. The second kappa shape index (κ2) is 6.20. The maximum absolute atomic E-state index is 11.4. The largest absolute Gasteiger partial charge is 0.459 e. The highest BCUT2D eigenvalue weighted by Crippen LogP contribution is 2.00. The van der Waals surface area contributed by atoms with Gasteiger partial charge in [0.05, 0.1) is 6.26 Å². The lowest BCUT2D eigenvalue weighted by atomic mass is 10.2. The molecule has 1 N–H and O–H groups in total. The standard InChI is InChI=1S/C14H12N2O2/c17-14(13-9-5-11-18-13)16-15-10-4-8-12-6-2-1-3-7-12/h1-11H,(H,16,17)/b8-4-,15-10+. The number of nitrogens with zero attached hydrogens (tertiary/aromatic N) is 1. The molecule has 0 aliphatic rings. The fourth-order valence-electron chi connectivity index (χ4n) is 1.32. The lowest BCUT2D eigenvalue weighted by molar-refractivity contribution is 0.0927. The second-order valence-electron chi connectivity index (χ2n) is 3.47. The molecule has 0 saturated heterocycles. The van der Waals surface area contributed by atoms with Gasteiger partial charge in [0.25, 0.3) is 0 Å². The van der Waals surface area contributed by atoms with E-state index in [0.29, 0.717) is 0 Å². The zero-order valence-corrected chi connectivity index (χ0v) is 9.61. The van der Waals surface area contributed by atoms with Gasteiger partial charge in [-0.3, -0.25) is 4.79 Å². The molecular formula is C14H12N2O2. The summed E-state index contributed by atoms with van der Waals surface area (Å²) in [5.41, 5.74) is 3.43. The van der Waals surface area contributed by atoms with Crippen molar-refractivity contribution in [2.45, 2.75) is 0 Å². The molecule has 4 heteroatoms. The number of hydrogen-bond acceptors (Lipinski definition) is 3. The molecule has 0 bridgehead atoms. The van der Waals surface area contributed by atoms with Crippen molar-refractivity contribution in [1.82, 2.24) is 5.43 Å². The lowest BCUT2D eigenvalue weighted by Crippen LogP contribution is -2.16. The molecule has 0 fully saturated rings. The summed E-state index contributed by atoms with van der Waals surface area (Å²) in [7, 11) is 0. The summed E-state index contributed by atoms with van der Waals surface area (Å²) in [6.07, 6.45) is 6.59. The molecule has 2 rings (SSSR count). The SMILES string of the molecule is O=C(N/N=C/C=C\c1ccccc1)c1ccco1. The van der Waals surface area contributed by atoms with Gasteiger partial charge >= 0.3 is 5.91 Å². The smallest absolute Gasteiger partial charge is 0.307 e. The molecule has 0 radical (unpaired) electrons. The number of hydrogen-bond donors (Lipinski definition) is 1. The minimum atomic E-state index is -0.371. The molecule has 0 unspecified atom stereocenters. The molecule has 2 aromatic rings. The summed E-state index contributed by atoms with van der Waals surface area (Å²) in [6.45, 7) is 0. The van der Waals surface area contributed by atoms with Crippen LogP contribution < -0.4 is 5.43 Å². The summed E-state index contributed by atoms with van der Waals surface area (Å²) in [5, 5.41) is 3.77. The third-order valence-corrected chi connectivity index (χ3v) is 2.16. The molecule has 0 aliphatic carbocycles. The Morgan fingerprint density at radius 2 is 2.00 bits per heavy atom. The zero-order chi connectivity index (χ0) is 12.6. The molecular weight excluding hydrogens is 228 g/mol. The maximum atomic E-state index is 11.4. The Kier molecular flexibility index (Phi) is 4.08. The number of hydrazone groups is 1. The third kappa shape index (κ3) is 3.45. The normalized spacial score (nSPS) is 11.1. The van der Waals surface area contributed by atoms with Crippen LogP contribution in [0.25, 0.3) is 6.08 Å². The van der Waals surface area contributed by atoms with Crippen molar-refractivity contribution in [3.8, 4) is 0 Å². The van der Waals surface area contributed by atoms with Crippen molar-refractivity contribution in [1.29, 1.82) is 0 Å². The van der Waals surface area contributed by atoms with Crippen LogP contribution in [0, 0.1) is 0 Å². The molecule has 18 heavy (non-hydrogen) atoms. The molecule has 0 saturated carbocycles. The first-order chi connectivity index (χ1) is 8.86. The molecule has 1 heterocycles. The van der Waals surface area contributed by atoms with E-state index in [0.717, 1.165) is 5.56 Å². The molecule has 0 aliphatic heterocycles. The Morgan fingerprint density at radius 1 is 1.17 bits per heavy atom. The lowest BCUT2D eigenvalue weighted by Gasteiger charge is -1.93. The van der Waals surface area contributed by atoms with Crippen LogP contribution in [0.2, 0.25) is 0 Å². The Hall–Kier alpha value is -2.62. The van der Waals surface area contributed by atoms with Crippen LogP contribution in [-0.2, 0) is 0 Å². The molecule has 90 valence electrons. The summed E-state index contributed by atoms with van der Waals surface area (Å²) in [5.74, 6) is -0.136. The Morgan fingerprint density at radius 3 is 2.72 bits per heavy atom. The maximum Gasteiger partial charge on any atom is 0.307 e. The van der Waals surface area contributed by atoms with E-state index in [9.17, 15) is 4.79 Å². The summed E-state index contributed by atoms with van der Waals surface area (Å²) in [6, 6.07) is 13.0. The number of nitrogens with one attached hydrogen (secondary N) is 1. The van der Waals surface area contributed by atoms with Gasteiger partial charge < -0.3 is 4.42 Å². The fraction of sp³-hybridized carbons (Fsp3) is 0. The zero-order valence-electron chi connectivity index (χ0n) is 9.61. The molecule has 1 amide bonds. The average molecular weight is 240 g/mol. The number of furan rings is 1. The highest BCUT2D eigenvalue weighted by atomic mass is 16.3. The van der Waals surface area contributed by atoms with Gasteiger partial charge in [-0.2, -0.15) is 5.10 Å². The number of carbonyl (C=O) groups is 1. The molecule has 4 nitrogen and oxygen atoms in total. The van der Waals surface area contributed by atoms with Crippen molar-refractivity contribution in [2.75, 3.05) is 0 Å². The van der Waals surface area contributed by atoms with Gasteiger partial charge in [-0.1, -0.05) is 36.4 Å². The van der Waals surface area contributed by atoms with E-state index in [1.54, 1.807) is 18.2 Å². The minimum Gasteiger partial charge on any atom is -0.459 e. The van der Waals surface area contributed by atoms with E-state index < -0.39 is 0 Å². The first-order valence-corrected chi connectivity index (χ1v) is 5.45. The van der Waals surface area contributed by atoms with E-state index in [1.807, 2.05) is 36.4 Å². The van der Waals surface area contributed by atoms with Crippen molar-refractivity contribution in [3.63, 3.8) is 0 Å². The Bertz CT molecular complexity index is 542. The van der Waals surface area contributed by atoms with E-state index >= 15 is 0 Å². The van der Waals surface area contributed by atoms with Crippen LogP contribution in [0.1, 0.15) is 16.1 Å². The van der Waals surface area contributed by atoms with Crippen LogP contribution in [0.3, 0.4) is 0 Å². The van der Waals surface area contributed by atoms with Gasteiger partial charge in [-0.05, 0) is 23.8 Å². The highest BCUT2D eigenvalue weighted by molar-refractivity contribution is 5.92. The van der Waals surface area contributed by atoms with Gasteiger partial charge in [-0.25, -0.2) is 5.43 Å². The highest BCUT2D eigenvalue weighted by Gasteiger charge is 2.05. The van der Waals surface area contributed by atoms with Crippen molar-refractivity contribution < 1.29 is 9.21 Å². The number of allylic oxidation sites excluding steroid dienone is 1. The number of rotatable bonds is 4. The summed E-state index contributed by atoms with van der Waals surface area (Å²) >= 11 is 0. The van der Waals surface area contributed by atoms with Crippen molar-refractivity contribution >= 4 is 18.2 Å². The van der Waals surface area contributed by atoms with Crippen molar-refractivity contribution in [2.24, 2.45) is 5.10 Å². The van der Waals surface area contributed by atoms with Crippen molar-refractivity contribution in [3.05, 3.63) is 66.1 Å². The number of benzene rings is 1. The number of carbonyl (C=O) groups excluding carboxylic acids is 1. The van der Waals surface area contributed by atoms with E-state index in [-0.39, 0.29) is 11.7 Å². The van der Waals surface area contributed by atoms with Gasteiger partial charge in [0.15, 0.2) is 5.76 Å².